The molecule has 1 heterocycles. The number of carbonyl (C=O) groups excluding carboxylic acids is 1. The van der Waals surface area contributed by atoms with Gasteiger partial charge in [0.15, 0.2) is 0 Å². The summed E-state index contributed by atoms with van der Waals surface area (Å²) in [5.41, 5.74) is 4.82. The second kappa shape index (κ2) is 6.57. The number of thiophene rings is 1. The predicted molar refractivity (Wildman–Crippen MR) is 98.6 cm³/mol. The molecule has 2 aromatic carbocycles. The fourth-order valence-corrected chi connectivity index (χ4v) is 3.38. The van der Waals surface area contributed by atoms with E-state index in [1.165, 1.54) is 11.3 Å². The smallest absolute Gasteiger partial charge is 0.266 e. The number of carbonyl (C=O) groups is 1. The summed E-state index contributed by atoms with van der Waals surface area (Å²) >= 11 is 7.56. The highest BCUT2D eigenvalue weighted by Crippen LogP contribution is 2.31. The van der Waals surface area contributed by atoms with Gasteiger partial charge in [0.05, 0.1) is 4.88 Å². The summed E-state index contributed by atoms with van der Waals surface area (Å²) < 4.78 is 0. The average molecular weight is 342 g/mol. The van der Waals surface area contributed by atoms with Gasteiger partial charge >= 0.3 is 0 Å². The molecule has 1 amide bonds. The topological polar surface area (TPSA) is 29.1 Å². The largest absolute Gasteiger partial charge is 0.321 e. The van der Waals surface area contributed by atoms with Crippen LogP contribution < -0.4 is 5.32 Å². The summed E-state index contributed by atoms with van der Waals surface area (Å²) in [6.07, 6.45) is 0. The predicted octanol–water partition coefficient (Wildman–Crippen LogP) is 5.94. The number of amides is 1. The van der Waals surface area contributed by atoms with Crippen molar-refractivity contribution in [1.29, 1.82) is 0 Å². The van der Waals surface area contributed by atoms with Crippen LogP contribution in [0.3, 0.4) is 0 Å². The lowest BCUT2D eigenvalue weighted by Gasteiger charge is -2.12. The molecule has 3 rings (SSSR count). The first kappa shape index (κ1) is 15.8. The highest BCUT2D eigenvalue weighted by molar-refractivity contribution is 7.12. The number of rotatable bonds is 3. The van der Waals surface area contributed by atoms with Crippen LogP contribution in [-0.2, 0) is 0 Å². The molecular weight excluding hydrogens is 326 g/mol. The Bertz CT molecular complexity index is 869. The molecule has 0 aliphatic carbocycles. The van der Waals surface area contributed by atoms with Gasteiger partial charge in [-0.05, 0) is 60.2 Å². The van der Waals surface area contributed by atoms with E-state index in [0.29, 0.717) is 0 Å². The highest BCUT2D eigenvalue weighted by Gasteiger charge is 2.13. The Kier molecular flexibility index (Phi) is 4.51. The van der Waals surface area contributed by atoms with Crippen LogP contribution in [0.1, 0.15) is 20.8 Å². The number of nitrogens with one attached hydrogen (secondary N) is 1. The second-order valence-corrected chi connectivity index (χ2v) is 6.72. The molecule has 4 heteroatoms. The first-order valence-corrected chi connectivity index (χ1v) is 8.53. The number of anilines is 1. The molecule has 0 radical (unpaired) electrons. The van der Waals surface area contributed by atoms with Gasteiger partial charge in [0, 0.05) is 16.3 Å². The molecule has 0 saturated carbocycles. The molecule has 116 valence electrons. The molecule has 1 N–H and O–H groups in total. The number of benzene rings is 2. The van der Waals surface area contributed by atoms with Crippen molar-refractivity contribution >= 4 is 34.5 Å². The van der Waals surface area contributed by atoms with Crippen molar-refractivity contribution in [1.82, 2.24) is 0 Å². The third kappa shape index (κ3) is 3.31. The Labute approximate surface area is 144 Å². The van der Waals surface area contributed by atoms with Gasteiger partial charge in [-0.1, -0.05) is 35.9 Å². The standard InChI is InChI=1S/C19H16ClNOS/c1-12-9-10-23-18(12)19(22)21-17-6-4-3-5-15(17)14-7-8-16(20)13(2)11-14/h3-11H,1-2H3,(H,21,22). The monoisotopic (exact) mass is 341 g/mol. The second-order valence-electron chi connectivity index (χ2n) is 5.40. The van der Waals surface area contributed by atoms with E-state index in [1.807, 2.05) is 67.8 Å². The van der Waals surface area contributed by atoms with E-state index in [-0.39, 0.29) is 5.91 Å². The Morgan fingerprint density at radius 2 is 1.83 bits per heavy atom. The van der Waals surface area contributed by atoms with E-state index in [1.54, 1.807) is 0 Å². The van der Waals surface area contributed by atoms with E-state index in [2.05, 4.69) is 5.32 Å². The molecule has 0 unspecified atom stereocenters. The number of para-hydroxylation sites is 1. The van der Waals surface area contributed by atoms with Crippen LogP contribution in [0.15, 0.2) is 53.9 Å². The molecule has 0 atom stereocenters. The fraction of sp³-hybridized carbons (Fsp3) is 0.105. The van der Waals surface area contributed by atoms with Crippen molar-refractivity contribution in [3.05, 3.63) is 74.9 Å². The Hall–Kier alpha value is -2.10. The minimum atomic E-state index is -0.0735. The van der Waals surface area contributed by atoms with Crippen LogP contribution >= 0.6 is 22.9 Å². The maximum absolute atomic E-state index is 12.5. The summed E-state index contributed by atoms with van der Waals surface area (Å²) in [4.78, 5) is 13.2. The number of aryl methyl sites for hydroxylation is 2. The first-order chi connectivity index (χ1) is 11.1. The maximum Gasteiger partial charge on any atom is 0.266 e. The minimum Gasteiger partial charge on any atom is -0.321 e. The normalized spacial score (nSPS) is 10.6. The zero-order valence-corrected chi connectivity index (χ0v) is 14.5. The SMILES string of the molecule is Cc1cc(-c2ccccc2NC(=O)c2sccc2C)ccc1Cl. The number of hydrogen-bond donors (Lipinski definition) is 1. The van der Waals surface area contributed by atoms with E-state index in [4.69, 9.17) is 11.6 Å². The van der Waals surface area contributed by atoms with Gasteiger partial charge in [0.2, 0.25) is 0 Å². The maximum atomic E-state index is 12.5. The van der Waals surface area contributed by atoms with Gasteiger partial charge in [0.25, 0.3) is 5.91 Å². The fourth-order valence-electron chi connectivity index (χ4n) is 2.44. The summed E-state index contributed by atoms with van der Waals surface area (Å²) in [7, 11) is 0. The van der Waals surface area contributed by atoms with Gasteiger partial charge in [-0.25, -0.2) is 0 Å². The van der Waals surface area contributed by atoms with Gasteiger partial charge in [-0.15, -0.1) is 11.3 Å². The molecule has 3 aromatic rings. The number of halogens is 1. The molecular formula is C19H16ClNOS. The van der Waals surface area contributed by atoms with Gasteiger partial charge in [-0.2, -0.15) is 0 Å². The molecule has 1 aromatic heterocycles. The summed E-state index contributed by atoms with van der Waals surface area (Å²) in [6.45, 7) is 3.92. The van der Waals surface area contributed by atoms with Crippen molar-refractivity contribution in [2.24, 2.45) is 0 Å². The quantitative estimate of drug-likeness (QED) is 0.627. The van der Waals surface area contributed by atoms with Crippen molar-refractivity contribution in [3.8, 4) is 11.1 Å². The van der Waals surface area contributed by atoms with Crippen LogP contribution in [0.2, 0.25) is 5.02 Å². The first-order valence-electron chi connectivity index (χ1n) is 7.27. The van der Waals surface area contributed by atoms with Gasteiger partial charge in [-0.3, -0.25) is 4.79 Å². The molecule has 0 spiro atoms. The van der Waals surface area contributed by atoms with E-state index in [0.717, 1.165) is 37.8 Å². The van der Waals surface area contributed by atoms with Crippen LogP contribution in [0, 0.1) is 13.8 Å². The number of hydrogen-bond acceptors (Lipinski definition) is 2. The van der Waals surface area contributed by atoms with Crippen molar-refractivity contribution < 1.29 is 4.79 Å². The lowest BCUT2D eigenvalue weighted by atomic mass is 10.0. The summed E-state index contributed by atoms with van der Waals surface area (Å²) in [5.74, 6) is -0.0735. The van der Waals surface area contributed by atoms with Crippen LogP contribution in [0.25, 0.3) is 11.1 Å². The van der Waals surface area contributed by atoms with E-state index in [9.17, 15) is 4.79 Å². The molecule has 23 heavy (non-hydrogen) atoms. The molecule has 0 saturated heterocycles. The third-order valence-corrected chi connectivity index (χ3v) is 5.15. The van der Waals surface area contributed by atoms with E-state index >= 15 is 0 Å². The van der Waals surface area contributed by atoms with Crippen LogP contribution in [0.5, 0.6) is 0 Å². The molecule has 0 bridgehead atoms. The zero-order chi connectivity index (χ0) is 16.4. The molecule has 0 aliphatic heterocycles. The van der Waals surface area contributed by atoms with Gasteiger partial charge < -0.3 is 5.32 Å². The third-order valence-electron chi connectivity index (χ3n) is 3.71. The van der Waals surface area contributed by atoms with Crippen LogP contribution in [-0.4, -0.2) is 5.91 Å². The van der Waals surface area contributed by atoms with Gasteiger partial charge in [0.1, 0.15) is 0 Å². The molecule has 0 aliphatic rings. The zero-order valence-electron chi connectivity index (χ0n) is 12.9. The minimum absolute atomic E-state index is 0.0735. The Balaban J connectivity index is 1.96. The average Bonchev–Trinajstić information content (AvgIpc) is 2.97. The summed E-state index contributed by atoms with van der Waals surface area (Å²) in [6, 6.07) is 15.6. The lowest BCUT2D eigenvalue weighted by Crippen LogP contribution is -2.12. The Morgan fingerprint density at radius 3 is 2.52 bits per heavy atom. The van der Waals surface area contributed by atoms with Crippen molar-refractivity contribution in [2.45, 2.75) is 13.8 Å². The molecule has 0 fully saturated rings. The highest BCUT2D eigenvalue weighted by atomic mass is 35.5. The summed E-state index contributed by atoms with van der Waals surface area (Å²) in [5, 5.41) is 5.69. The lowest BCUT2D eigenvalue weighted by molar-refractivity contribution is 0.103. The van der Waals surface area contributed by atoms with Crippen LogP contribution in [0.4, 0.5) is 5.69 Å². The van der Waals surface area contributed by atoms with E-state index < -0.39 is 0 Å². The van der Waals surface area contributed by atoms with Crippen molar-refractivity contribution in [3.63, 3.8) is 0 Å². The Morgan fingerprint density at radius 1 is 1.04 bits per heavy atom. The molecule has 2 nitrogen and oxygen atoms in total. The van der Waals surface area contributed by atoms with Crippen molar-refractivity contribution in [2.75, 3.05) is 5.32 Å².